The molecule has 11 heteroatoms. The maximum atomic E-state index is 5.39. The van der Waals surface area contributed by atoms with E-state index in [1.54, 1.807) is 21.7 Å². The zero-order valence-electron chi connectivity index (χ0n) is 50.4. The molecule has 12 rings (SSSR count). The van der Waals surface area contributed by atoms with Gasteiger partial charge in [0.05, 0.1) is 31.9 Å². The standard InChI is InChI=1S/C13H18Si.C12H17NSi.C11H14N2.C10H11NO.C10H11NS.C10H11NSe/c1-9-6-12-8-11(3)14(4,5)13(12)7-10(9)2;1-8-6-11-12(7-9(8)2)14(4,5)10(3)13-11;1-7-5-10-11(6-8(7)2)13(4)9(3)12-10;3*1-6-4-9-10(5-7(6)2)12-8(3)11-9/h6-8H,1-5H3;6-7H,1-5H3;5-6H,1-4H3;3*4-5H,1-3H3. The first-order valence-corrected chi connectivity index (χ1v) is 35.4. The van der Waals surface area contributed by atoms with Gasteiger partial charge in [-0.05, 0) is 211 Å². The van der Waals surface area contributed by atoms with Crippen LogP contribution < -0.4 is 10.4 Å². The van der Waals surface area contributed by atoms with E-state index >= 15 is 0 Å². The van der Waals surface area contributed by atoms with Crippen molar-refractivity contribution in [3.05, 3.63) is 172 Å². The van der Waals surface area contributed by atoms with Crippen LogP contribution in [0.1, 0.15) is 107 Å². The molecule has 0 amide bonds. The van der Waals surface area contributed by atoms with Gasteiger partial charge >= 0.3 is 77.9 Å². The van der Waals surface area contributed by atoms with Crippen molar-refractivity contribution >= 4 is 112 Å². The predicted octanol–water partition coefficient (Wildman–Crippen LogP) is 16.7. The Bertz CT molecular complexity index is 3540. The van der Waals surface area contributed by atoms with Gasteiger partial charge in [-0.15, -0.1) is 11.3 Å². The zero-order valence-corrected chi connectivity index (χ0v) is 54.9. The van der Waals surface area contributed by atoms with Gasteiger partial charge in [0.15, 0.2) is 11.5 Å². The van der Waals surface area contributed by atoms with E-state index in [1.165, 1.54) is 113 Å². The SMILES string of the molecule is CC1=Cc2cc(C)c(C)cc2[Si]1(C)C.CC1=Nc2cc(C)c(C)cc2[Si]1(C)C.Cc1cc2nc(C)n(C)c2cc1C.Cc1nc2cc(C)c(C)cc2[se]1.Cc1nc2cc(C)c(C)cc2o1.Cc1nc2cc(C)c(C)cc2s1. The minimum atomic E-state index is -1.37. The van der Waals surface area contributed by atoms with Crippen LogP contribution in [0, 0.1) is 111 Å². The fraction of sp³-hybridized carbons (Fsp3) is 0.348. The molecule has 0 fully saturated rings. The summed E-state index contributed by atoms with van der Waals surface area (Å²) in [6, 6.07) is 26.6. The van der Waals surface area contributed by atoms with Crippen molar-refractivity contribution in [3.8, 4) is 0 Å². The zero-order chi connectivity index (χ0) is 56.7. The summed E-state index contributed by atoms with van der Waals surface area (Å²) in [6.45, 7) is 47.9. The molecule has 0 radical (unpaired) electrons. The smallest absolute Gasteiger partial charge is 0.192 e. The molecule has 4 aromatic heterocycles. The van der Waals surface area contributed by atoms with Gasteiger partial charge in [0, 0.05) is 19.3 Å². The summed E-state index contributed by atoms with van der Waals surface area (Å²) >= 11 is 2.26. The normalized spacial score (nSPS) is 13.5. The van der Waals surface area contributed by atoms with Gasteiger partial charge in [0.2, 0.25) is 0 Å². The van der Waals surface area contributed by atoms with Gasteiger partial charge in [0.1, 0.15) is 27.5 Å². The molecule has 0 unspecified atom stereocenters. The van der Waals surface area contributed by atoms with E-state index < -0.39 is 16.1 Å². The minimum absolute atomic E-state index is 0.494. The molecular formula is C66H82N6OSSeSi2. The minimum Gasteiger partial charge on any atom is -0.441 e. The fourth-order valence-corrected chi connectivity index (χ4v) is 16.8. The molecule has 10 aromatic rings. The van der Waals surface area contributed by atoms with Gasteiger partial charge in [-0.25, -0.2) is 15.0 Å². The number of aliphatic imine (C=N–C) groups is 1. The van der Waals surface area contributed by atoms with Crippen molar-refractivity contribution in [2.24, 2.45) is 12.0 Å². The van der Waals surface area contributed by atoms with Crippen LogP contribution in [0.2, 0.25) is 26.2 Å². The molecule has 0 aliphatic carbocycles. The van der Waals surface area contributed by atoms with Crippen LogP contribution in [0.3, 0.4) is 0 Å². The number of hydrogen-bond donors (Lipinski definition) is 0. The number of aryl methyl sites for hydroxylation is 17. The van der Waals surface area contributed by atoms with E-state index in [0.29, 0.717) is 14.5 Å². The molecule has 6 heterocycles. The number of fused-ring (bicyclic) bond motifs is 6. The van der Waals surface area contributed by atoms with Gasteiger partial charge in [-0.2, -0.15) is 0 Å². The molecular weight excluding hydrogens is 1060 g/mol. The third kappa shape index (κ3) is 13.0. The molecule has 6 aromatic carbocycles. The molecule has 77 heavy (non-hydrogen) atoms. The Morgan fingerprint density at radius 3 is 1.62 bits per heavy atom. The monoisotopic (exact) mass is 1140 g/mol. The Balaban J connectivity index is 0.000000134. The Labute approximate surface area is 471 Å². The van der Waals surface area contributed by atoms with E-state index in [-0.39, 0.29) is 0 Å². The van der Waals surface area contributed by atoms with Crippen molar-refractivity contribution in [2.45, 2.75) is 151 Å². The Hall–Kier alpha value is -5.82. The summed E-state index contributed by atoms with van der Waals surface area (Å²) in [6.07, 6.45) is 2.38. The first-order valence-electron chi connectivity index (χ1n) is 26.9. The second-order valence-electron chi connectivity index (χ2n) is 22.8. The largest absolute Gasteiger partial charge is 0.441 e. The number of aromatic nitrogens is 5. The summed E-state index contributed by atoms with van der Waals surface area (Å²) in [5.74, 6) is 1.80. The maximum absolute atomic E-state index is 5.39. The summed E-state index contributed by atoms with van der Waals surface area (Å²) in [5.41, 5.74) is 25.4. The van der Waals surface area contributed by atoms with Gasteiger partial charge in [0.25, 0.3) is 0 Å². The second kappa shape index (κ2) is 23.3. The Morgan fingerprint density at radius 2 is 0.974 bits per heavy atom. The molecule has 2 aliphatic heterocycles. The van der Waals surface area contributed by atoms with E-state index in [4.69, 9.17) is 4.42 Å². The van der Waals surface area contributed by atoms with E-state index in [1.807, 2.05) is 19.9 Å². The number of rotatable bonds is 0. The number of nitrogens with zero attached hydrogens (tertiary/aromatic N) is 6. The van der Waals surface area contributed by atoms with Crippen LogP contribution in [0.5, 0.6) is 0 Å². The van der Waals surface area contributed by atoms with Crippen molar-refractivity contribution in [1.82, 2.24) is 24.5 Å². The predicted molar refractivity (Wildman–Crippen MR) is 342 cm³/mol. The number of imidazole rings is 1. The number of oxazole rings is 1. The van der Waals surface area contributed by atoms with E-state index in [9.17, 15) is 0 Å². The summed E-state index contributed by atoms with van der Waals surface area (Å²) in [5, 5.41) is 7.25. The Kier molecular flexibility index (Phi) is 17.8. The van der Waals surface area contributed by atoms with Crippen molar-refractivity contribution in [2.75, 3.05) is 0 Å². The number of thiazole rings is 1. The van der Waals surface area contributed by atoms with Crippen molar-refractivity contribution in [1.29, 1.82) is 0 Å². The van der Waals surface area contributed by atoms with E-state index in [2.05, 4.69) is 246 Å². The summed E-state index contributed by atoms with van der Waals surface area (Å²) in [4.78, 5) is 22.3. The van der Waals surface area contributed by atoms with Crippen molar-refractivity contribution < 1.29 is 4.42 Å². The topological polar surface area (TPSA) is 82.0 Å². The number of hydrogen-bond acceptors (Lipinski definition) is 7. The average molecular weight is 1140 g/mol. The van der Waals surface area contributed by atoms with Crippen LogP contribution >= 0.6 is 11.3 Å². The molecule has 0 bridgehead atoms. The first-order chi connectivity index (χ1) is 35.9. The molecule has 0 spiro atoms. The van der Waals surface area contributed by atoms with Gasteiger partial charge in [-0.1, -0.05) is 55.7 Å². The Morgan fingerprint density at radius 1 is 0.468 bits per heavy atom. The van der Waals surface area contributed by atoms with Crippen LogP contribution in [0.25, 0.3) is 48.2 Å². The first kappa shape index (κ1) is 58.9. The molecule has 7 nitrogen and oxygen atoms in total. The molecule has 402 valence electrons. The van der Waals surface area contributed by atoms with Crippen LogP contribution in [-0.4, -0.2) is 60.5 Å². The van der Waals surface area contributed by atoms with Crippen LogP contribution in [0.4, 0.5) is 5.69 Å². The molecule has 2 aliphatic rings. The van der Waals surface area contributed by atoms with Gasteiger partial charge in [-0.3, -0.25) is 4.99 Å². The van der Waals surface area contributed by atoms with Crippen LogP contribution in [0.15, 0.2) is 87.4 Å². The quantitative estimate of drug-likeness (QED) is 0.141. The molecule has 0 atom stereocenters. The maximum Gasteiger partial charge on any atom is 0.192 e. The van der Waals surface area contributed by atoms with Gasteiger partial charge < -0.3 is 8.98 Å². The third-order valence-electron chi connectivity index (χ3n) is 16.2. The van der Waals surface area contributed by atoms with E-state index in [0.717, 1.165) is 38.9 Å². The number of benzene rings is 6. The average Bonchev–Trinajstić information content (AvgIpc) is 4.16. The summed E-state index contributed by atoms with van der Waals surface area (Å²) < 4.78 is 11.6. The molecule has 0 saturated heterocycles. The third-order valence-corrected chi connectivity index (χ3v) is 26.7. The second-order valence-corrected chi connectivity index (χ2v) is 35.7. The summed E-state index contributed by atoms with van der Waals surface area (Å²) in [7, 11) is -0.571. The molecule has 0 N–H and O–H groups in total. The molecule has 0 saturated carbocycles. The van der Waals surface area contributed by atoms with Crippen molar-refractivity contribution in [3.63, 3.8) is 0 Å². The fourth-order valence-electron chi connectivity index (χ4n) is 9.49. The van der Waals surface area contributed by atoms with Crippen LogP contribution in [-0.2, 0) is 7.05 Å². The number of allylic oxidation sites excluding steroid dienone is 1.